The topological polar surface area (TPSA) is 50.8 Å². The quantitative estimate of drug-likeness (QED) is 0.468. The lowest BCUT2D eigenvalue weighted by molar-refractivity contribution is -0.121. The Morgan fingerprint density at radius 2 is 1.84 bits per heavy atom. The summed E-state index contributed by atoms with van der Waals surface area (Å²) in [5, 5.41) is 3.19. The van der Waals surface area contributed by atoms with Crippen LogP contribution in [0, 0.1) is 0 Å². The van der Waals surface area contributed by atoms with E-state index in [1.54, 1.807) is 7.11 Å². The Balaban J connectivity index is 1.30. The summed E-state index contributed by atoms with van der Waals surface area (Å²) < 4.78 is 12.4. The van der Waals surface area contributed by atoms with E-state index in [1.807, 2.05) is 60.7 Å². The molecule has 5 nitrogen and oxygen atoms in total. The van der Waals surface area contributed by atoms with Gasteiger partial charge >= 0.3 is 0 Å². The fraction of sp³-hybridized carbons (Fsp3) is 0.269. The molecule has 1 heterocycles. The minimum absolute atomic E-state index is 0.0657. The molecule has 3 aromatic carbocycles. The number of benzene rings is 3. The van der Waals surface area contributed by atoms with Gasteiger partial charge in [-0.3, -0.25) is 9.69 Å². The predicted molar refractivity (Wildman–Crippen MR) is 129 cm³/mol. The van der Waals surface area contributed by atoms with Crippen LogP contribution < -0.4 is 14.8 Å². The van der Waals surface area contributed by atoms with E-state index in [-0.39, 0.29) is 11.9 Å². The maximum atomic E-state index is 12.5. The number of rotatable bonds is 8. The average Bonchev–Trinajstić information content (AvgIpc) is 3.22. The number of nitrogens with zero attached hydrogens (tertiary/aromatic N) is 1. The minimum Gasteiger partial charge on any atom is -0.493 e. The first kappa shape index (κ1) is 22.4. The van der Waals surface area contributed by atoms with Crippen LogP contribution in [0.15, 0.2) is 77.3 Å². The minimum atomic E-state index is 0.0657. The van der Waals surface area contributed by atoms with Gasteiger partial charge in [-0.2, -0.15) is 0 Å². The summed E-state index contributed by atoms with van der Waals surface area (Å²) in [6, 6.07) is 23.8. The maximum absolute atomic E-state index is 12.5. The van der Waals surface area contributed by atoms with E-state index in [1.165, 1.54) is 5.56 Å². The highest BCUT2D eigenvalue weighted by atomic mass is 79.9. The normalized spacial score (nSPS) is 16.0. The highest BCUT2D eigenvalue weighted by Crippen LogP contribution is 2.31. The Hall–Kier alpha value is -2.83. The first-order valence-corrected chi connectivity index (χ1v) is 11.5. The molecule has 166 valence electrons. The van der Waals surface area contributed by atoms with Gasteiger partial charge in [0.05, 0.1) is 13.5 Å². The van der Waals surface area contributed by atoms with Crippen LogP contribution in [0.25, 0.3) is 0 Å². The highest BCUT2D eigenvalue weighted by Gasteiger charge is 2.24. The summed E-state index contributed by atoms with van der Waals surface area (Å²) in [4.78, 5) is 14.8. The fourth-order valence-corrected chi connectivity index (χ4v) is 4.41. The van der Waals surface area contributed by atoms with E-state index in [0.29, 0.717) is 17.9 Å². The zero-order valence-corrected chi connectivity index (χ0v) is 19.7. The number of para-hydroxylation sites is 2. The Kier molecular flexibility index (Phi) is 7.45. The average molecular weight is 495 g/mol. The summed E-state index contributed by atoms with van der Waals surface area (Å²) in [6.45, 7) is 2.62. The zero-order valence-electron chi connectivity index (χ0n) is 18.1. The summed E-state index contributed by atoms with van der Waals surface area (Å²) >= 11 is 3.51. The molecule has 0 spiro atoms. The molecule has 0 unspecified atom stereocenters. The van der Waals surface area contributed by atoms with Crippen molar-refractivity contribution in [3.63, 3.8) is 0 Å². The number of hydrogen-bond acceptors (Lipinski definition) is 4. The molecular weight excluding hydrogens is 468 g/mol. The molecule has 1 aliphatic heterocycles. The summed E-state index contributed by atoms with van der Waals surface area (Å²) in [7, 11) is 1.64. The summed E-state index contributed by atoms with van der Waals surface area (Å²) in [5.74, 6) is 2.25. The summed E-state index contributed by atoms with van der Waals surface area (Å²) in [6.07, 6.45) is 1.35. The molecule has 0 aromatic heterocycles. The van der Waals surface area contributed by atoms with Crippen molar-refractivity contribution in [2.24, 2.45) is 0 Å². The van der Waals surface area contributed by atoms with Crippen LogP contribution in [0.1, 0.15) is 17.5 Å². The number of halogens is 1. The molecule has 1 amide bonds. The monoisotopic (exact) mass is 494 g/mol. The molecule has 1 atom stereocenters. The van der Waals surface area contributed by atoms with Gasteiger partial charge < -0.3 is 14.8 Å². The van der Waals surface area contributed by atoms with Gasteiger partial charge in [0, 0.05) is 30.1 Å². The lowest BCUT2D eigenvalue weighted by Crippen LogP contribution is -2.37. The first-order valence-electron chi connectivity index (χ1n) is 10.8. The fourth-order valence-electron chi connectivity index (χ4n) is 3.98. The molecule has 32 heavy (non-hydrogen) atoms. The number of amides is 1. The van der Waals surface area contributed by atoms with E-state index in [9.17, 15) is 4.79 Å². The second-order valence-corrected chi connectivity index (χ2v) is 8.81. The second-order valence-electron chi connectivity index (χ2n) is 7.96. The van der Waals surface area contributed by atoms with Crippen LogP contribution in [0.2, 0.25) is 0 Å². The Morgan fingerprint density at radius 3 is 2.66 bits per heavy atom. The Bertz CT molecular complexity index is 1070. The number of carbonyl (C=O) groups is 1. The number of likely N-dealkylation sites (tertiary alicyclic amines) is 1. The van der Waals surface area contributed by atoms with Crippen molar-refractivity contribution in [3.05, 3.63) is 88.4 Å². The maximum Gasteiger partial charge on any atom is 0.224 e. The summed E-state index contributed by atoms with van der Waals surface area (Å²) in [5.41, 5.74) is 2.18. The van der Waals surface area contributed by atoms with Gasteiger partial charge in [-0.05, 0) is 47.9 Å². The molecule has 0 saturated carbocycles. The van der Waals surface area contributed by atoms with E-state index in [2.05, 4.69) is 38.3 Å². The Morgan fingerprint density at radius 1 is 1.06 bits per heavy atom. The van der Waals surface area contributed by atoms with Crippen molar-refractivity contribution in [2.45, 2.75) is 25.4 Å². The van der Waals surface area contributed by atoms with Crippen LogP contribution >= 0.6 is 15.9 Å². The first-order chi connectivity index (χ1) is 15.6. The van der Waals surface area contributed by atoms with Crippen LogP contribution in [-0.4, -0.2) is 37.0 Å². The van der Waals surface area contributed by atoms with Gasteiger partial charge in [0.1, 0.15) is 5.75 Å². The molecule has 0 bridgehead atoms. The van der Waals surface area contributed by atoms with Crippen LogP contribution in [0.5, 0.6) is 17.2 Å². The molecule has 4 rings (SSSR count). The van der Waals surface area contributed by atoms with Gasteiger partial charge in [0.2, 0.25) is 5.91 Å². The predicted octanol–water partition coefficient (Wildman–Crippen LogP) is 5.18. The van der Waals surface area contributed by atoms with Crippen LogP contribution in [0.4, 0.5) is 0 Å². The van der Waals surface area contributed by atoms with Gasteiger partial charge in [-0.1, -0.05) is 58.4 Å². The van der Waals surface area contributed by atoms with Crippen LogP contribution in [-0.2, 0) is 17.8 Å². The molecule has 1 aliphatic rings. The molecular formula is C26H27BrN2O3. The van der Waals surface area contributed by atoms with E-state index in [4.69, 9.17) is 9.47 Å². The van der Waals surface area contributed by atoms with Crippen molar-refractivity contribution in [1.82, 2.24) is 10.2 Å². The van der Waals surface area contributed by atoms with Gasteiger partial charge in [-0.15, -0.1) is 0 Å². The highest BCUT2D eigenvalue weighted by molar-refractivity contribution is 9.10. The van der Waals surface area contributed by atoms with Crippen molar-refractivity contribution in [3.8, 4) is 17.2 Å². The lowest BCUT2D eigenvalue weighted by Gasteiger charge is -2.18. The number of hydrogen-bond donors (Lipinski definition) is 1. The third kappa shape index (κ3) is 5.90. The molecule has 1 fully saturated rings. The van der Waals surface area contributed by atoms with Crippen molar-refractivity contribution in [1.29, 1.82) is 0 Å². The van der Waals surface area contributed by atoms with Crippen molar-refractivity contribution in [2.75, 3.05) is 20.2 Å². The largest absolute Gasteiger partial charge is 0.493 e. The molecule has 0 aliphatic carbocycles. The van der Waals surface area contributed by atoms with E-state index in [0.717, 1.165) is 41.8 Å². The molecule has 6 heteroatoms. The third-order valence-corrected chi connectivity index (χ3v) is 6.32. The zero-order chi connectivity index (χ0) is 22.3. The van der Waals surface area contributed by atoms with Crippen molar-refractivity contribution < 1.29 is 14.3 Å². The standard InChI is InChI=1S/C26H27BrN2O3/c1-31-24-11-4-5-12-25(24)32-22-9-6-7-19(15-22)17-29-14-13-21(18-29)28-26(30)16-20-8-2-3-10-23(20)27/h2-12,15,21H,13-14,16-18H2,1H3,(H,28,30)/t21-/m1/s1. The van der Waals surface area contributed by atoms with E-state index < -0.39 is 0 Å². The van der Waals surface area contributed by atoms with Gasteiger partial charge in [-0.25, -0.2) is 0 Å². The molecule has 3 aromatic rings. The van der Waals surface area contributed by atoms with Crippen molar-refractivity contribution >= 4 is 21.8 Å². The number of carbonyl (C=O) groups excluding carboxylic acids is 1. The lowest BCUT2D eigenvalue weighted by atomic mass is 10.1. The van der Waals surface area contributed by atoms with E-state index >= 15 is 0 Å². The number of nitrogens with one attached hydrogen (secondary N) is 1. The second kappa shape index (κ2) is 10.7. The number of methoxy groups -OCH3 is 1. The Labute approximate surface area is 197 Å². The number of ether oxygens (including phenoxy) is 2. The van der Waals surface area contributed by atoms with Crippen LogP contribution in [0.3, 0.4) is 0 Å². The molecule has 1 saturated heterocycles. The van der Waals surface area contributed by atoms with Gasteiger partial charge in [0.15, 0.2) is 11.5 Å². The van der Waals surface area contributed by atoms with Gasteiger partial charge in [0.25, 0.3) is 0 Å². The third-order valence-electron chi connectivity index (χ3n) is 5.55. The smallest absolute Gasteiger partial charge is 0.224 e. The molecule has 1 N–H and O–H groups in total. The SMILES string of the molecule is COc1ccccc1Oc1cccc(CN2CC[C@@H](NC(=O)Cc3ccccc3Br)C2)c1. The molecule has 0 radical (unpaired) electrons.